The average Bonchev–Trinajstić information content (AvgIpc) is 1.57. The monoisotopic (exact) mass is 2330 g/mol. The summed E-state index contributed by atoms with van der Waals surface area (Å²) in [6, 6.07) is 125. The molecule has 0 spiro atoms. The third kappa shape index (κ3) is 15.5. The zero-order valence-corrected chi connectivity index (χ0v) is 84.0. The summed E-state index contributed by atoms with van der Waals surface area (Å²) in [5.41, 5.74) is 24.3. The van der Waals surface area contributed by atoms with Gasteiger partial charge in [-0.25, -0.2) is 32.6 Å². The molecule has 0 aliphatic carbocycles. The van der Waals surface area contributed by atoms with E-state index in [9.17, 15) is 0 Å². The molecule has 14 nitrogen and oxygen atoms in total. The van der Waals surface area contributed by atoms with E-state index in [0.29, 0.717) is 0 Å². The second kappa shape index (κ2) is 35.4. The van der Waals surface area contributed by atoms with Gasteiger partial charge in [0, 0.05) is 95.7 Å². The zero-order chi connectivity index (χ0) is 89.5. The van der Waals surface area contributed by atoms with Crippen LogP contribution in [0.15, 0.2) is 353 Å². The largest absolute Gasteiger partial charge is 2.00 e. The van der Waals surface area contributed by atoms with Crippen LogP contribution in [0.4, 0.5) is 0 Å². The number of nitrogens with zero attached hydrogens (tertiary/aromatic N) is 14. The van der Waals surface area contributed by atoms with Gasteiger partial charge in [0.25, 0.3) is 0 Å². The third-order valence-corrected chi connectivity index (χ3v) is 28.6. The van der Waals surface area contributed by atoms with E-state index in [1.54, 1.807) is 22.7 Å². The van der Waals surface area contributed by atoms with Gasteiger partial charge in [-0.1, -0.05) is 350 Å². The number of para-hydroxylation sites is 4. The van der Waals surface area contributed by atoms with E-state index >= 15 is 0 Å². The van der Waals surface area contributed by atoms with Crippen LogP contribution >= 0.6 is 22.7 Å². The first kappa shape index (κ1) is 89.3. The van der Waals surface area contributed by atoms with Crippen molar-refractivity contribution in [1.82, 2.24) is 67.3 Å². The maximum absolute atomic E-state index is 5.51. The Balaban J connectivity index is 0.000000126. The van der Waals surface area contributed by atoms with Crippen LogP contribution in [0.2, 0.25) is 0 Å². The summed E-state index contributed by atoms with van der Waals surface area (Å²) in [5, 5.41) is 4.37. The minimum Gasteiger partial charge on any atom is -0.657 e. The van der Waals surface area contributed by atoms with Crippen molar-refractivity contribution < 1.29 is 63.2 Å². The Hall–Kier alpha value is -13.6. The molecule has 22 aromatic rings. The summed E-state index contributed by atoms with van der Waals surface area (Å²) >= 11 is 3.51. The molecule has 3 aliphatic rings. The van der Waals surface area contributed by atoms with E-state index in [-0.39, 0.29) is 63.2 Å². The minimum atomic E-state index is -0.533. The summed E-state index contributed by atoms with van der Waals surface area (Å²) in [4.78, 5) is 47.3. The Labute approximate surface area is 836 Å². The Morgan fingerprint density at radius 1 is 0.259 bits per heavy atom. The smallest absolute Gasteiger partial charge is 0.657 e. The molecule has 3 aliphatic heterocycles. The van der Waals surface area contributed by atoms with Gasteiger partial charge in [0.1, 0.15) is 11.6 Å². The van der Waals surface area contributed by atoms with Gasteiger partial charge >= 0.3 is 63.2 Å². The number of rotatable bonds is 6. The van der Waals surface area contributed by atoms with Crippen LogP contribution in [0.5, 0.6) is 0 Å². The van der Waals surface area contributed by atoms with Gasteiger partial charge in [0.2, 0.25) is 0 Å². The Kier molecular flexibility index (Phi) is 23.4. The zero-order valence-electron chi connectivity index (χ0n) is 75.5. The van der Waals surface area contributed by atoms with E-state index in [2.05, 4.69) is 448 Å². The normalized spacial score (nSPS) is 13.5. The van der Waals surface area contributed by atoms with Crippen LogP contribution in [-0.4, -0.2) is 57.3 Å². The molecule has 24 bridgehead atoms. The van der Waals surface area contributed by atoms with Crippen molar-refractivity contribution in [3.05, 3.63) is 422 Å². The Bertz CT molecular complexity index is 7700. The van der Waals surface area contributed by atoms with Gasteiger partial charge in [0.15, 0.2) is 0 Å². The molecule has 0 atom stereocenters. The number of hydrogen-bond donors (Lipinski definition) is 0. The number of aryl methyl sites for hydroxylation is 2. The maximum Gasteiger partial charge on any atom is 2.00 e. The first-order chi connectivity index (χ1) is 64.3. The first-order valence-electron chi connectivity index (χ1n) is 44.6. The van der Waals surface area contributed by atoms with Gasteiger partial charge in [-0.3, -0.25) is 19.9 Å². The number of benzene rings is 12. The molecule has 0 fully saturated rings. The van der Waals surface area contributed by atoms with Crippen molar-refractivity contribution >= 4 is 44.2 Å². The van der Waals surface area contributed by atoms with E-state index in [4.69, 9.17) is 39.9 Å². The number of aromatic nitrogens is 14. The number of imidazole rings is 6. The van der Waals surface area contributed by atoms with Crippen LogP contribution in [0.3, 0.4) is 0 Å². The van der Waals surface area contributed by atoms with Crippen molar-refractivity contribution in [1.29, 1.82) is 0 Å². The van der Waals surface area contributed by atoms with Crippen LogP contribution in [-0.2, 0) is 99.0 Å². The topological polar surface area (TPSA) is 135 Å². The van der Waals surface area contributed by atoms with E-state index < -0.39 is 21.7 Å². The van der Waals surface area contributed by atoms with Crippen LogP contribution in [0.1, 0.15) is 101 Å². The van der Waals surface area contributed by atoms with Crippen molar-refractivity contribution in [2.45, 2.75) is 77.0 Å². The van der Waals surface area contributed by atoms with Crippen molar-refractivity contribution in [2.24, 2.45) is 14.1 Å². The summed E-state index contributed by atoms with van der Waals surface area (Å²) < 4.78 is 13.0. The molecular weight excluding hydrogens is 2240 g/mol. The summed E-state index contributed by atoms with van der Waals surface area (Å²) in [6.45, 7) is 18.0. The molecule has 0 saturated heterocycles. The molecule has 0 unspecified atom stereocenters. The van der Waals surface area contributed by atoms with Crippen LogP contribution < -0.4 is 9.97 Å². The molecule has 19 heteroatoms. The first-order valence-corrected chi connectivity index (χ1v) is 46.2. The summed E-state index contributed by atoms with van der Waals surface area (Å²) in [7, 11) is 4.08. The standard InChI is InChI=1S/C44H34N4S2.C40H32N6.C32H22N4.3Pt/c1-43(2)33-25-35(49-39(33)29-17-9-5-10-18-29)42-46-38(28-48(42)32-23-15-8-16-24-32)44(3,4)34-26-36(50-40(34)30-19-11-6-12-20-30)41-45-37(43)27-47(41)31-21-13-7-14-22-31;1-39(2)31-23-45(25-15-7-5-8-16-25)37(41-31)34-28-20-12-14-22-30(28)36(44-34)40(3,4)32-24-46(26-17-9-6-10-18-26)38(42-32)33-27-19-11-13-21-29(27)35(39)43-33;1-35-19-29-27-15-5-3-13-25(27)22-10-8-12-24(18-22)32-34-30(20-36(32)2)28-16-6-4-14-26(28)21-9-7-11-23(17-21)31(35)33-29;;;/h5-24,27-28H,1-4H3;5-24H,1-4H3;3-16,19-20H,1-2H3;;;/q3*-2;3*+2. The van der Waals surface area contributed by atoms with E-state index in [1.807, 2.05) is 26.2 Å². The molecular formula is C116H88N14Pt3S2. The van der Waals surface area contributed by atoms with Crippen molar-refractivity contribution in [3.8, 4) is 156 Å². The van der Waals surface area contributed by atoms with E-state index in [1.165, 1.54) is 9.75 Å². The molecule has 13 heterocycles. The number of thiophene rings is 2. The van der Waals surface area contributed by atoms with Gasteiger partial charge in [-0.15, -0.1) is 82.2 Å². The Morgan fingerprint density at radius 2 is 0.541 bits per heavy atom. The second-order valence-corrected chi connectivity index (χ2v) is 38.3. The van der Waals surface area contributed by atoms with Gasteiger partial charge in [-0.05, 0) is 81.2 Å². The van der Waals surface area contributed by atoms with Crippen molar-refractivity contribution in [2.75, 3.05) is 0 Å². The fourth-order valence-electron chi connectivity index (χ4n) is 19.0. The quantitative estimate of drug-likeness (QED) is 0.150. The van der Waals surface area contributed by atoms with Crippen LogP contribution in [0.25, 0.3) is 177 Å². The van der Waals surface area contributed by atoms with Crippen molar-refractivity contribution in [3.63, 3.8) is 0 Å². The molecule has 25 rings (SSSR count). The summed E-state index contributed by atoms with van der Waals surface area (Å²) in [6.07, 6.45) is 13.0. The average molecular weight is 2330 g/mol. The molecule has 0 radical (unpaired) electrons. The fourth-order valence-corrected chi connectivity index (χ4v) is 21.5. The van der Waals surface area contributed by atoms with Crippen LogP contribution in [0, 0.1) is 24.3 Å². The van der Waals surface area contributed by atoms with Gasteiger partial charge in [-0.2, -0.15) is 12.1 Å². The summed E-state index contributed by atoms with van der Waals surface area (Å²) in [5.74, 6) is 5.15. The van der Waals surface area contributed by atoms with E-state index in [0.717, 1.165) is 213 Å². The number of fused-ring (bicyclic) bond motifs is 42. The molecule has 0 saturated carbocycles. The molecule has 0 N–H and O–H groups in total. The van der Waals surface area contributed by atoms with Gasteiger partial charge < -0.3 is 37.4 Å². The predicted molar refractivity (Wildman–Crippen MR) is 534 cm³/mol. The predicted octanol–water partition coefficient (Wildman–Crippen LogP) is 27.1. The van der Waals surface area contributed by atoms with Gasteiger partial charge in [0.05, 0.1) is 57.5 Å². The second-order valence-electron chi connectivity index (χ2n) is 36.3. The third-order valence-electron chi connectivity index (χ3n) is 26.3. The Morgan fingerprint density at radius 3 is 0.889 bits per heavy atom. The maximum atomic E-state index is 5.51. The molecule has 664 valence electrons. The fraction of sp³-hybridized carbons (Fsp3) is 0.121. The molecule has 0 amide bonds. The molecule has 10 aromatic heterocycles. The molecule has 135 heavy (non-hydrogen) atoms. The molecule has 12 aromatic carbocycles. The minimum absolute atomic E-state index is 0. The number of hydrogen-bond acceptors (Lipinski definition) is 8. The SMILES string of the molecule is CC1(C)c2cn(-c3ccccc3)c(n2)-c2[c-]c(c(-c3ccccc3)s2)C(C)(C)c2cn(-c3ccccc3)c(n2)-c2[c-]c1c(-c1ccccc1)s2.CC1(C)c2cn(-c3ccccc3)c(n2)-c2[n-]c(c3ccccc23)C(C)(C)c2cn(-c3ccccc3)c(n2)-c2[n-]c1c1ccccc21.Cn1cc2nc1-c1[c-]c(ccc1)-c1ccccc1-c1cn(C)c(n1)-c1[c-]c(ccc1)-c1ccccc1-2.[Pt+2].[Pt+2].[Pt+2].